The number of hydrogen-bond acceptors (Lipinski definition) is 7. The first-order valence-electron chi connectivity index (χ1n) is 12.0. The number of likely N-dealkylation sites (N-methyl/N-ethyl adjacent to an activating group) is 1. The summed E-state index contributed by atoms with van der Waals surface area (Å²) in [5.74, 6) is 1.26. The predicted molar refractivity (Wildman–Crippen MR) is 145 cm³/mol. The van der Waals surface area contributed by atoms with Crippen LogP contribution in [0.2, 0.25) is 0 Å². The van der Waals surface area contributed by atoms with E-state index in [4.69, 9.17) is 18.9 Å². The monoisotopic (exact) mass is 518 g/mol. The number of benzene rings is 2. The van der Waals surface area contributed by atoms with Gasteiger partial charge < -0.3 is 33.4 Å². The van der Waals surface area contributed by atoms with Crippen LogP contribution in [0.25, 0.3) is 33.0 Å². The van der Waals surface area contributed by atoms with Crippen LogP contribution < -0.4 is 24.3 Å². The molecule has 0 saturated carbocycles. The minimum absolute atomic E-state index is 0.287. The lowest BCUT2D eigenvalue weighted by atomic mass is 9.95. The molecule has 10 nitrogen and oxygen atoms in total. The van der Waals surface area contributed by atoms with Gasteiger partial charge in [-0.3, -0.25) is 14.9 Å². The Kier molecular flexibility index (Phi) is 6.50. The average Bonchev–Trinajstić information content (AvgIpc) is 3.56. The second-order valence-electron chi connectivity index (χ2n) is 9.25. The average molecular weight is 519 g/mol. The largest absolute Gasteiger partial charge is 0.493 e. The van der Waals surface area contributed by atoms with Crippen LogP contribution in [-0.4, -0.2) is 75.3 Å². The molecule has 0 aliphatic carbocycles. The van der Waals surface area contributed by atoms with E-state index in [1.165, 1.54) is 0 Å². The van der Waals surface area contributed by atoms with E-state index in [0.29, 0.717) is 46.2 Å². The number of fused-ring (bicyclic) bond motifs is 2. The van der Waals surface area contributed by atoms with E-state index in [9.17, 15) is 9.59 Å². The first kappa shape index (κ1) is 25.2. The zero-order valence-corrected chi connectivity index (χ0v) is 22.2. The number of imide groups is 1. The van der Waals surface area contributed by atoms with Gasteiger partial charge in [-0.1, -0.05) is 0 Å². The lowest BCUT2D eigenvalue weighted by Gasteiger charge is -2.12. The Morgan fingerprint density at radius 3 is 1.92 bits per heavy atom. The number of nitrogens with zero attached hydrogens (tertiary/aromatic N) is 2. The number of carbonyl (C=O) groups is 2. The summed E-state index contributed by atoms with van der Waals surface area (Å²) in [6, 6.07) is 7.34. The van der Waals surface area contributed by atoms with E-state index in [0.717, 1.165) is 28.4 Å². The topological polar surface area (TPSA) is 107 Å². The summed E-state index contributed by atoms with van der Waals surface area (Å²) in [6.45, 7) is 1.44. The number of aromatic amines is 1. The van der Waals surface area contributed by atoms with Crippen LogP contribution in [0.1, 0.15) is 11.1 Å². The van der Waals surface area contributed by atoms with Crippen molar-refractivity contribution in [3.05, 3.63) is 47.8 Å². The molecule has 38 heavy (non-hydrogen) atoms. The molecule has 2 aromatic carbocycles. The Morgan fingerprint density at radius 1 is 0.763 bits per heavy atom. The van der Waals surface area contributed by atoms with Crippen molar-refractivity contribution in [2.75, 3.05) is 49.1 Å². The quantitative estimate of drug-likeness (QED) is 0.328. The van der Waals surface area contributed by atoms with E-state index in [1.54, 1.807) is 46.8 Å². The highest BCUT2D eigenvalue weighted by Crippen LogP contribution is 2.42. The van der Waals surface area contributed by atoms with E-state index >= 15 is 0 Å². The molecular formula is C28H30N4O6. The zero-order valence-electron chi connectivity index (χ0n) is 22.2. The molecule has 3 heterocycles. The Morgan fingerprint density at radius 2 is 1.32 bits per heavy atom. The van der Waals surface area contributed by atoms with Crippen LogP contribution >= 0.6 is 0 Å². The molecule has 0 fully saturated rings. The van der Waals surface area contributed by atoms with E-state index in [1.807, 2.05) is 32.4 Å². The third-order valence-electron chi connectivity index (χ3n) is 6.83. The lowest BCUT2D eigenvalue weighted by Crippen LogP contribution is -2.22. The second kappa shape index (κ2) is 9.79. The van der Waals surface area contributed by atoms with Crippen molar-refractivity contribution < 1.29 is 28.5 Å². The summed E-state index contributed by atoms with van der Waals surface area (Å²) in [5, 5.41) is 4.01. The fraction of sp³-hybridized carbons (Fsp3) is 0.286. The summed E-state index contributed by atoms with van der Waals surface area (Å²) in [4.78, 5) is 31.9. The van der Waals surface area contributed by atoms with Crippen LogP contribution in [0.5, 0.6) is 23.0 Å². The molecule has 10 heteroatoms. The first-order chi connectivity index (χ1) is 18.3. The molecule has 198 valence electrons. The molecule has 0 atom stereocenters. The minimum atomic E-state index is -0.463. The highest BCUT2D eigenvalue weighted by atomic mass is 16.5. The lowest BCUT2D eigenvalue weighted by molar-refractivity contribution is -0.122. The van der Waals surface area contributed by atoms with Crippen molar-refractivity contribution in [3.8, 4) is 23.0 Å². The molecule has 0 unspecified atom stereocenters. The van der Waals surface area contributed by atoms with Crippen molar-refractivity contribution in [1.82, 2.24) is 19.8 Å². The third kappa shape index (κ3) is 4.03. The van der Waals surface area contributed by atoms with Crippen LogP contribution in [0.4, 0.5) is 0 Å². The minimum Gasteiger partial charge on any atom is -0.493 e. The zero-order chi connectivity index (χ0) is 27.1. The predicted octanol–water partition coefficient (Wildman–Crippen LogP) is 3.29. The summed E-state index contributed by atoms with van der Waals surface area (Å²) >= 11 is 0. The van der Waals surface area contributed by atoms with Gasteiger partial charge in [0.25, 0.3) is 11.8 Å². The number of methoxy groups -OCH3 is 4. The van der Waals surface area contributed by atoms with Crippen LogP contribution in [0, 0.1) is 0 Å². The van der Waals surface area contributed by atoms with E-state index in [-0.39, 0.29) is 5.57 Å². The smallest absolute Gasteiger partial charge is 0.259 e. The highest BCUT2D eigenvalue weighted by Gasteiger charge is 2.35. The van der Waals surface area contributed by atoms with Gasteiger partial charge in [-0.2, -0.15) is 0 Å². The number of amides is 2. The van der Waals surface area contributed by atoms with Gasteiger partial charge in [0.1, 0.15) is 0 Å². The van der Waals surface area contributed by atoms with E-state index in [2.05, 4.69) is 19.8 Å². The van der Waals surface area contributed by atoms with Gasteiger partial charge in [0.2, 0.25) is 0 Å². The molecule has 0 saturated heterocycles. The Labute approximate surface area is 219 Å². The summed E-state index contributed by atoms with van der Waals surface area (Å²) < 4.78 is 24.1. The second-order valence-corrected chi connectivity index (χ2v) is 9.25. The molecule has 1 aliphatic rings. The molecule has 2 aromatic heterocycles. The van der Waals surface area contributed by atoms with E-state index < -0.39 is 11.8 Å². The standard InChI is InChI=1S/C28H30N4O6/c1-31(2)7-8-32-14-18(16-10-22(36-4)24(38-6)12-20(16)32)26-25(27(33)30-28(26)34)17-13-29-19-11-23(37-5)21(35-3)9-15(17)19/h9-14,29H,7-8H2,1-6H3,(H,30,33,34). The van der Waals surface area contributed by atoms with Gasteiger partial charge in [0.15, 0.2) is 23.0 Å². The molecule has 0 bridgehead atoms. The van der Waals surface area contributed by atoms with Gasteiger partial charge in [-0.05, 0) is 26.2 Å². The first-order valence-corrected chi connectivity index (χ1v) is 12.0. The molecule has 2 amide bonds. The fourth-order valence-electron chi connectivity index (χ4n) is 4.93. The molecule has 2 N–H and O–H groups in total. The third-order valence-corrected chi connectivity index (χ3v) is 6.83. The molecule has 0 radical (unpaired) electrons. The fourth-order valence-corrected chi connectivity index (χ4v) is 4.93. The summed E-state index contributed by atoms with van der Waals surface area (Å²) in [5.41, 5.74) is 3.42. The summed E-state index contributed by atoms with van der Waals surface area (Å²) in [7, 11) is 10.3. The maximum atomic E-state index is 13.3. The Bertz CT molecular complexity index is 1610. The van der Waals surface area contributed by atoms with Gasteiger partial charge in [-0.15, -0.1) is 0 Å². The number of carbonyl (C=O) groups excluding carboxylic acids is 2. The van der Waals surface area contributed by atoms with Crippen molar-refractivity contribution in [2.24, 2.45) is 0 Å². The molecular weight excluding hydrogens is 488 g/mol. The van der Waals surface area contributed by atoms with Crippen LogP contribution in [0.3, 0.4) is 0 Å². The Hall–Kier alpha value is -4.44. The molecule has 5 rings (SSSR count). The summed E-state index contributed by atoms with van der Waals surface area (Å²) in [6.07, 6.45) is 3.64. The number of H-pyrrole nitrogens is 1. The molecule has 0 spiro atoms. The Balaban J connectivity index is 1.79. The number of hydrogen-bond donors (Lipinski definition) is 2. The molecule has 1 aliphatic heterocycles. The van der Waals surface area contributed by atoms with Crippen LogP contribution in [0.15, 0.2) is 36.7 Å². The number of ether oxygens (including phenoxy) is 4. The SMILES string of the molecule is COc1cc2[nH]cc(C3=C(c4cn(CCN(C)C)c5cc(OC)c(OC)cc45)C(=O)NC3=O)c2cc1OC. The van der Waals surface area contributed by atoms with Crippen molar-refractivity contribution in [2.45, 2.75) is 6.54 Å². The van der Waals surface area contributed by atoms with Gasteiger partial charge >= 0.3 is 0 Å². The van der Waals surface area contributed by atoms with Crippen LogP contribution in [-0.2, 0) is 16.1 Å². The van der Waals surface area contributed by atoms with Gasteiger partial charge in [0.05, 0.1) is 45.1 Å². The normalized spacial score (nSPS) is 13.7. The van der Waals surface area contributed by atoms with Gasteiger partial charge in [-0.25, -0.2) is 0 Å². The number of aromatic nitrogens is 2. The maximum Gasteiger partial charge on any atom is 0.259 e. The van der Waals surface area contributed by atoms with Crippen molar-refractivity contribution in [3.63, 3.8) is 0 Å². The van der Waals surface area contributed by atoms with Crippen molar-refractivity contribution >= 4 is 44.8 Å². The van der Waals surface area contributed by atoms with Crippen molar-refractivity contribution in [1.29, 1.82) is 0 Å². The molecule has 4 aromatic rings. The maximum absolute atomic E-state index is 13.3. The highest BCUT2D eigenvalue weighted by molar-refractivity contribution is 6.50. The van der Waals surface area contributed by atoms with Gasteiger partial charge in [0, 0.05) is 65.0 Å². The number of rotatable bonds is 9. The number of nitrogens with one attached hydrogen (secondary N) is 2.